The molecule has 0 radical (unpaired) electrons. The maximum atomic E-state index is 13.9. The van der Waals surface area contributed by atoms with Crippen LogP contribution in [-0.2, 0) is 44.5 Å². The first kappa shape index (κ1) is 31.1. The van der Waals surface area contributed by atoms with Crippen LogP contribution in [0.5, 0.6) is 11.5 Å². The highest BCUT2D eigenvalue weighted by Crippen LogP contribution is 2.44. The Morgan fingerprint density at radius 2 is 1.74 bits per heavy atom. The zero-order valence-electron chi connectivity index (χ0n) is 23.7. The number of ketones is 1. The van der Waals surface area contributed by atoms with Crippen LogP contribution in [0.1, 0.15) is 66.9 Å². The van der Waals surface area contributed by atoms with Crippen molar-refractivity contribution in [3.63, 3.8) is 0 Å². The number of methoxy groups -OCH3 is 1. The number of hydrogen-bond donors (Lipinski definition) is 3. The van der Waals surface area contributed by atoms with Crippen molar-refractivity contribution in [2.24, 2.45) is 0 Å². The number of hydrogen-bond acceptors (Lipinski definition) is 12. The molecule has 228 valence electrons. The number of aliphatic hydroxyl groups excluding tert-OH is 1. The molecule has 3 atom stereocenters. The van der Waals surface area contributed by atoms with Gasteiger partial charge >= 0.3 is 23.9 Å². The van der Waals surface area contributed by atoms with Crippen molar-refractivity contribution in [1.82, 2.24) is 0 Å². The van der Waals surface area contributed by atoms with Gasteiger partial charge in [0.05, 0.1) is 25.2 Å². The summed E-state index contributed by atoms with van der Waals surface area (Å²) in [5.74, 6) is -6.01. The van der Waals surface area contributed by atoms with Crippen molar-refractivity contribution in [1.29, 1.82) is 0 Å². The minimum absolute atomic E-state index is 0.0313. The molecule has 0 fully saturated rings. The van der Waals surface area contributed by atoms with Crippen molar-refractivity contribution in [2.45, 2.75) is 69.7 Å². The minimum atomic E-state index is -2.21. The van der Waals surface area contributed by atoms with Gasteiger partial charge in [-0.05, 0) is 43.4 Å². The third-order valence-electron chi connectivity index (χ3n) is 7.35. The van der Waals surface area contributed by atoms with Crippen LogP contribution in [0.3, 0.4) is 0 Å². The van der Waals surface area contributed by atoms with Gasteiger partial charge in [0.2, 0.25) is 11.4 Å². The molecule has 0 saturated heterocycles. The van der Waals surface area contributed by atoms with Crippen LogP contribution in [-0.4, -0.2) is 69.9 Å². The van der Waals surface area contributed by atoms with Gasteiger partial charge in [0.15, 0.2) is 0 Å². The SMILES string of the molecule is COC(=O)CC[C@@]1(C(=O)O[C@H]2CCC[C@H](C)OC(=O)c3c(O)cc(O)cc3CC(=O)C2)OC(=O)C(O)=C1c1ccccc1. The van der Waals surface area contributed by atoms with Gasteiger partial charge in [0, 0.05) is 25.3 Å². The van der Waals surface area contributed by atoms with E-state index in [1.54, 1.807) is 37.3 Å². The Morgan fingerprint density at radius 1 is 1.02 bits per heavy atom. The minimum Gasteiger partial charge on any atom is -0.508 e. The molecule has 0 bridgehead atoms. The molecule has 12 heteroatoms. The van der Waals surface area contributed by atoms with Gasteiger partial charge in [-0.3, -0.25) is 9.59 Å². The van der Waals surface area contributed by atoms with E-state index in [2.05, 4.69) is 0 Å². The lowest BCUT2D eigenvalue weighted by Gasteiger charge is -2.30. The molecular formula is C31H32O12. The number of Topliss-reactive ketones (excluding diaryl/α,β-unsaturated/α-hetero) is 1. The van der Waals surface area contributed by atoms with Crippen LogP contribution >= 0.6 is 0 Å². The number of fused-ring (bicyclic) bond motifs is 1. The van der Waals surface area contributed by atoms with Gasteiger partial charge in [-0.15, -0.1) is 0 Å². The number of benzene rings is 2. The molecule has 0 spiro atoms. The first-order valence-electron chi connectivity index (χ1n) is 13.7. The molecule has 2 aromatic carbocycles. The molecule has 43 heavy (non-hydrogen) atoms. The van der Waals surface area contributed by atoms with Crippen LogP contribution < -0.4 is 0 Å². The summed E-state index contributed by atoms with van der Waals surface area (Å²) in [6.07, 6.45) is -2.28. The third kappa shape index (κ3) is 6.79. The van der Waals surface area contributed by atoms with Crippen LogP contribution in [0.25, 0.3) is 5.57 Å². The third-order valence-corrected chi connectivity index (χ3v) is 7.35. The van der Waals surface area contributed by atoms with E-state index in [-0.39, 0.29) is 47.3 Å². The van der Waals surface area contributed by atoms with E-state index in [1.165, 1.54) is 6.07 Å². The number of carbonyl (C=O) groups is 5. The highest BCUT2D eigenvalue weighted by Gasteiger charge is 2.56. The molecule has 2 aliphatic heterocycles. The molecular weight excluding hydrogens is 564 g/mol. The smallest absolute Gasteiger partial charge is 0.375 e. The normalized spacial score (nSPS) is 22.9. The first-order valence-corrected chi connectivity index (χ1v) is 13.7. The summed E-state index contributed by atoms with van der Waals surface area (Å²) >= 11 is 0. The highest BCUT2D eigenvalue weighted by molar-refractivity contribution is 6.11. The number of ether oxygens (including phenoxy) is 4. The average molecular weight is 597 g/mol. The summed E-state index contributed by atoms with van der Waals surface area (Å²) < 4.78 is 21.4. The summed E-state index contributed by atoms with van der Waals surface area (Å²) in [4.78, 5) is 64.6. The lowest BCUT2D eigenvalue weighted by molar-refractivity contribution is -0.177. The average Bonchev–Trinajstić information content (AvgIpc) is 3.21. The topological polar surface area (TPSA) is 183 Å². The summed E-state index contributed by atoms with van der Waals surface area (Å²) in [5, 5.41) is 31.0. The Bertz CT molecular complexity index is 1460. The molecule has 0 aromatic heterocycles. The van der Waals surface area contributed by atoms with Gasteiger partial charge in [0.25, 0.3) is 0 Å². The summed E-state index contributed by atoms with van der Waals surface area (Å²) in [5.41, 5.74) is -2.32. The van der Waals surface area contributed by atoms with Crippen molar-refractivity contribution in [2.75, 3.05) is 7.11 Å². The van der Waals surface area contributed by atoms with E-state index in [0.29, 0.717) is 12.8 Å². The molecule has 0 unspecified atom stereocenters. The molecule has 0 saturated carbocycles. The standard InChI is InChI=1S/C31H32O12/c1-17-7-6-10-22(15-20(32)13-19-14-21(33)16-23(34)25(19)28(37)41-17)42-30(39)31(12-11-24(35)40-2)26(27(36)29(38)43-31)18-8-4-3-5-9-18/h3-5,8-9,14,16-17,22,33-34,36H,6-7,10-13,15H2,1-2H3/t17-,22-,31+/m0/s1. The largest absolute Gasteiger partial charge is 0.508 e. The maximum Gasteiger partial charge on any atom is 0.375 e. The fraction of sp³-hybridized carbons (Fsp3) is 0.387. The Balaban J connectivity index is 1.67. The Morgan fingerprint density at radius 3 is 2.44 bits per heavy atom. The van der Waals surface area contributed by atoms with Crippen LogP contribution in [0.15, 0.2) is 48.2 Å². The Hall–Kier alpha value is -4.87. The molecule has 2 heterocycles. The predicted molar refractivity (Wildman–Crippen MR) is 148 cm³/mol. The van der Waals surface area contributed by atoms with Crippen molar-refractivity contribution < 1.29 is 58.2 Å². The molecule has 0 amide bonds. The number of cyclic esters (lactones) is 2. The first-order chi connectivity index (χ1) is 20.4. The molecule has 2 aliphatic rings. The fourth-order valence-corrected chi connectivity index (χ4v) is 5.29. The number of esters is 4. The van der Waals surface area contributed by atoms with E-state index < -0.39 is 71.8 Å². The van der Waals surface area contributed by atoms with Crippen LogP contribution in [0, 0.1) is 0 Å². The lowest BCUT2D eigenvalue weighted by atomic mass is 9.84. The maximum absolute atomic E-state index is 13.9. The number of phenols is 2. The van der Waals surface area contributed by atoms with Crippen molar-refractivity contribution >= 4 is 35.2 Å². The molecule has 2 aromatic rings. The van der Waals surface area contributed by atoms with E-state index in [0.717, 1.165) is 13.2 Å². The van der Waals surface area contributed by atoms with Gasteiger partial charge in [-0.2, -0.15) is 0 Å². The number of rotatable bonds is 6. The summed E-state index contributed by atoms with van der Waals surface area (Å²) in [6, 6.07) is 10.2. The number of aliphatic hydroxyl groups is 1. The van der Waals surface area contributed by atoms with Gasteiger partial charge in [-0.25, -0.2) is 14.4 Å². The number of aromatic hydroxyl groups is 2. The molecule has 12 nitrogen and oxygen atoms in total. The molecule has 4 rings (SSSR count). The summed E-state index contributed by atoms with van der Waals surface area (Å²) in [6.45, 7) is 1.65. The highest BCUT2D eigenvalue weighted by atomic mass is 16.6. The second kappa shape index (κ2) is 13.0. The second-order valence-corrected chi connectivity index (χ2v) is 10.5. The lowest BCUT2D eigenvalue weighted by Crippen LogP contribution is -2.44. The monoisotopic (exact) mass is 596 g/mol. The zero-order chi connectivity index (χ0) is 31.3. The van der Waals surface area contributed by atoms with E-state index >= 15 is 0 Å². The van der Waals surface area contributed by atoms with Crippen molar-refractivity contribution in [3.05, 3.63) is 64.9 Å². The number of carbonyl (C=O) groups excluding carboxylic acids is 5. The predicted octanol–water partition coefficient (Wildman–Crippen LogP) is 3.46. The molecule has 0 aliphatic carbocycles. The second-order valence-electron chi connectivity index (χ2n) is 10.5. The van der Waals surface area contributed by atoms with Gasteiger partial charge in [-0.1, -0.05) is 30.3 Å². The van der Waals surface area contributed by atoms with E-state index in [1.807, 2.05) is 0 Å². The van der Waals surface area contributed by atoms with E-state index in [9.17, 15) is 39.3 Å². The number of phenolic OH excluding ortho intramolecular Hbond substituents is 2. The quantitative estimate of drug-likeness (QED) is 0.327. The van der Waals surface area contributed by atoms with Crippen LogP contribution in [0.4, 0.5) is 0 Å². The fourth-order valence-electron chi connectivity index (χ4n) is 5.29. The van der Waals surface area contributed by atoms with Crippen molar-refractivity contribution in [3.8, 4) is 11.5 Å². The van der Waals surface area contributed by atoms with Gasteiger partial charge < -0.3 is 34.3 Å². The van der Waals surface area contributed by atoms with Crippen LogP contribution in [0.2, 0.25) is 0 Å². The summed E-state index contributed by atoms with van der Waals surface area (Å²) in [7, 11) is 1.16. The Labute approximate surface area is 246 Å². The molecule has 3 N–H and O–H groups in total. The zero-order valence-corrected chi connectivity index (χ0v) is 23.7. The Kier molecular flexibility index (Phi) is 9.37. The van der Waals surface area contributed by atoms with Gasteiger partial charge in [0.1, 0.15) is 28.9 Å². The van der Waals surface area contributed by atoms with E-state index in [4.69, 9.17) is 18.9 Å².